The number of nitrogens with one attached hydrogen (secondary N) is 1. The first-order valence-electron chi connectivity index (χ1n) is 6.50. The van der Waals surface area contributed by atoms with Crippen LogP contribution in [0.5, 0.6) is 0 Å². The van der Waals surface area contributed by atoms with Crippen molar-refractivity contribution in [3.05, 3.63) is 53.4 Å². The molecule has 0 spiro atoms. The molecule has 0 atom stereocenters. The van der Waals surface area contributed by atoms with E-state index in [0.717, 1.165) is 17.4 Å². The van der Waals surface area contributed by atoms with Crippen molar-refractivity contribution >= 4 is 17.0 Å². The van der Waals surface area contributed by atoms with Crippen LogP contribution in [0, 0.1) is 11.6 Å². The summed E-state index contributed by atoms with van der Waals surface area (Å²) in [6.45, 7) is 0. The highest BCUT2D eigenvalue weighted by molar-refractivity contribution is 5.73. The Labute approximate surface area is 120 Å². The zero-order chi connectivity index (χ0) is 15.0. The minimum Gasteiger partial charge on any atom is -0.363 e. The summed E-state index contributed by atoms with van der Waals surface area (Å²) >= 11 is 0. The molecule has 3 aromatic rings. The van der Waals surface area contributed by atoms with Gasteiger partial charge in [0.25, 0.3) is 0 Å². The molecule has 0 amide bonds. The normalized spacial score (nSPS) is 11.0. The van der Waals surface area contributed by atoms with Crippen LogP contribution in [0.15, 0.2) is 30.3 Å². The van der Waals surface area contributed by atoms with Gasteiger partial charge in [-0.15, -0.1) is 0 Å². The van der Waals surface area contributed by atoms with Gasteiger partial charge in [-0.25, -0.2) is 18.7 Å². The lowest BCUT2D eigenvalue weighted by Gasteiger charge is -2.09. The summed E-state index contributed by atoms with van der Waals surface area (Å²) in [5.74, 6) is -0.341. The number of halogens is 2. The van der Waals surface area contributed by atoms with Crippen LogP contribution in [0.25, 0.3) is 11.2 Å². The molecule has 1 N–H and O–H groups in total. The molecular weight excluding hydrogens is 274 g/mol. The third-order valence-corrected chi connectivity index (χ3v) is 3.23. The highest BCUT2D eigenvalue weighted by Crippen LogP contribution is 2.18. The monoisotopic (exact) mass is 288 g/mol. The Morgan fingerprint density at radius 3 is 2.67 bits per heavy atom. The molecule has 21 heavy (non-hydrogen) atoms. The fourth-order valence-electron chi connectivity index (χ4n) is 2.13. The van der Waals surface area contributed by atoms with E-state index >= 15 is 0 Å². The van der Waals surface area contributed by atoms with Crippen LogP contribution < -0.4 is 4.90 Å². The van der Waals surface area contributed by atoms with Gasteiger partial charge in [-0.3, -0.25) is 0 Å². The van der Waals surface area contributed by atoms with E-state index in [1.165, 1.54) is 6.07 Å². The minimum absolute atomic E-state index is 0.192. The van der Waals surface area contributed by atoms with Crippen molar-refractivity contribution in [3.63, 3.8) is 0 Å². The molecule has 0 fully saturated rings. The summed E-state index contributed by atoms with van der Waals surface area (Å²) < 4.78 is 26.9. The van der Waals surface area contributed by atoms with Gasteiger partial charge >= 0.3 is 0 Å². The minimum atomic E-state index is -0.850. The first-order chi connectivity index (χ1) is 10.0. The maximum atomic E-state index is 13.7. The van der Waals surface area contributed by atoms with E-state index in [0.29, 0.717) is 11.5 Å². The average Bonchev–Trinajstić information content (AvgIpc) is 2.85. The van der Waals surface area contributed by atoms with Gasteiger partial charge in [-0.2, -0.15) is 0 Å². The number of anilines is 1. The van der Waals surface area contributed by atoms with E-state index < -0.39 is 11.6 Å². The number of imidazole rings is 1. The second-order valence-electron chi connectivity index (χ2n) is 5.01. The first-order valence-corrected chi connectivity index (χ1v) is 6.50. The summed E-state index contributed by atoms with van der Waals surface area (Å²) in [7, 11) is 3.79. The van der Waals surface area contributed by atoms with Gasteiger partial charge < -0.3 is 9.88 Å². The molecule has 0 radical (unpaired) electrons. The largest absolute Gasteiger partial charge is 0.363 e. The lowest BCUT2D eigenvalue weighted by atomic mass is 10.1. The predicted octanol–water partition coefficient (Wildman–Crippen LogP) is 2.89. The number of aromatic nitrogens is 3. The van der Waals surface area contributed by atoms with Crippen molar-refractivity contribution in [2.45, 2.75) is 6.42 Å². The summed E-state index contributed by atoms with van der Waals surface area (Å²) in [5.41, 5.74) is 1.60. The van der Waals surface area contributed by atoms with E-state index in [2.05, 4.69) is 15.0 Å². The predicted molar refractivity (Wildman–Crippen MR) is 77.4 cm³/mol. The first kappa shape index (κ1) is 13.5. The van der Waals surface area contributed by atoms with Gasteiger partial charge in [0.05, 0.1) is 5.52 Å². The van der Waals surface area contributed by atoms with Gasteiger partial charge in [0, 0.05) is 20.5 Å². The molecule has 0 bridgehead atoms. The van der Waals surface area contributed by atoms with E-state index in [-0.39, 0.29) is 12.0 Å². The number of fused-ring (bicyclic) bond motifs is 1. The summed E-state index contributed by atoms with van der Waals surface area (Å²) in [4.78, 5) is 13.7. The maximum Gasteiger partial charge on any atom is 0.179 e. The molecule has 0 aliphatic carbocycles. The quantitative estimate of drug-likeness (QED) is 0.806. The van der Waals surface area contributed by atoms with Gasteiger partial charge in [0.1, 0.15) is 11.6 Å². The number of pyridine rings is 1. The highest BCUT2D eigenvalue weighted by Gasteiger charge is 2.11. The van der Waals surface area contributed by atoms with E-state index in [1.807, 2.05) is 31.1 Å². The standard InChI is InChI=1S/C15H14F2N4/c1-21(2)13-7-6-11-15(20-13)19-12(18-11)8-9-4-3-5-10(16)14(9)17/h3-7H,8H2,1-2H3,(H,18,19,20). The second kappa shape index (κ2) is 5.12. The molecular formula is C15H14F2N4. The molecule has 0 saturated heterocycles. The molecule has 0 aliphatic heterocycles. The number of hydrogen-bond donors (Lipinski definition) is 1. The van der Waals surface area contributed by atoms with Crippen LogP contribution in [-0.2, 0) is 6.42 Å². The smallest absolute Gasteiger partial charge is 0.179 e. The van der Waals surface area contributed by atoms with Gasteiger partial charge in [-0.05, 0) is 23.8 Å². The van der Waals surface area contributed by atoms with Crippen LogP contribution in [0.4, 0.5) is 14.6 Å². The van der Waals surface area contributed by atoms with Crippen LogP contribution in [-0.4, -0.2) is 29.0 Å². The fourth-order valence-corrected chi connectivity index (χ4v) is 2.13. The lowest BCUT2D eigenvalue weighted by molar-refractivity contribution is 0.500. The average molecular weight is 288 g/mol. The van der Waals surface area contributed by atoms with Gasteiger partial charge in [0.2, 0.25) is 0 Å². The second-order valence-corrected chi connectivity index (χ2v) is 5.01. The Morgan fingerprint density at radius 1 is 1.10 bits per heavy atom. The molecule has 1 aromatic carbocycles. The lowest BCUT2D eigenvalue weighted by Crippen LogP contribution is -2.10. The Morgan fingerprint density at radius 2 is 1.90 bits per heavy atom. The van der Waals surface area contributed by atoms with Crippen molar-refractivity contribution < 1.29 is 8.78 Å². The molecule has 0 aliphatic rings. The number of nitrogens with zero attached hydrogens (tertiary/aromatic N) is 3. The van der Waals surface area contributed by atoms with Gasteiger partial charge in [0.15, 0.2) is 17.3 Å². The fraction of sp³-hybridized carbons (Fsp3) is 0.200. The maximum absolute atomic E-state index is 13.7. The topological polar surface area (TPSA) is 44.8 Å². The summed E-state index contributed by atoms with van der Waals surface area (Å²) in [6.07, 6.45) is 0.192. The Bertz CT molecular complexity index is 795. The molecule has 6 heteroatoms. The summed E-state index contributed by atoms with van der Waals surface area (Å²) in [6, 6.07) is 7.87. The zero-order valence-corrected chi connectivity index (χ0v) is 11.7. The van der Waals surface area contributed by atoms with Crippen LogP contribution in [0.1, 0.15) is 11.4 Å². The zero-order valence-electron chi connectivity index (χ0n) is 11.7. The molecule has 108 valence electrons. The van der Waals surface area contributed by atoms with E-state index in [1.54, 1.807) is 6.07 Å². The van der Waals surface area contributed by atoms with E-state index in [4.69, 9.17) is 0 Å². The van der Waals surface area contributed by atoms with E-state index in [9.17, 15) is 8.78 Å². The Balaban J connectivity index is 1.96. The van der Waals surface area contributed by atoms with Crippen molar-refractivity contribution in [3.8, 4) is 0 Å². The number of hydrogen-bond acceptors (Lipinski definition) is 3. The third-order valence-electron chi connectivity index (χ3n) is 3.23. The van der Waals surface area contributed by atoms with Crippen molar-refractivity contribution in [2.24, 2.45) is 0 Å². The number of rotatable bonds is 3. The van der Waals surface area contributed by atoms with Crippen molar-refractivity contribution in [1.29, 1.82) is 0 Å². The molecule has 2 heterocycles. The summed E-state index contributed by atoms with van der Waals surface area (Å²) in [5, 5.41) is 0. The molecule has 0 unspecified atom stereocenters. The van der Waals surface area contributed by atoms with Crippen LogP contribution in [0.2, 0.25) is 0 Å². The van der Waals surface area contributed by atoms with Crippen molar-refractivity contribution in [2.75, 3.05) is 19.0 Å². The van der Waals surface area contributed by atoms with Gasteiger partial charge in [-0.1, -0.05) is 12.1 Å². The highest BCUT2D eigenvalue weighted by atomic mass is 19.2. The molecule has 4 nitrogen and oxygen atoms in total. The Hall–Kier alpha value is -2.50. The molecule has 2 aromatic heterocycles. The number of aromatic amines is 1. The third kappa shape index (κ3) is 2.56. The van der Waals surface area contributed by atoms with Crippen LogP contribution >= 0.6 is 0 Å². The van der Waals surface area contributed by atoms with Crippen molar-refractivity contribution in [1.82, 2.24) is 15.0 Å². The molecule has 3 rings (SSSR count). The number of benzene rings is 1. The SMILES string of the molecule is CN(C)c1ccc2[nH]c(Cc3cccc(F)c3F)nc2n1. The number of H-pyrrole nitrogens is 1. The van der Waals surface area contributed by atoms with Crippen LogP contribution in [0.3, 0.4) is 0 Å². The molecule has 0 saturated carbocycles. The Kier molecular flexibility index (Phi) is 3.29.